The van der Waals surface area contributed by atoms with E-state index in [-0.39, 0.29) is 18.3 Å². The Labute approximate surface area is 145 Å². The number of aryl methyl sites for hydroxylation is 1. The summed E-state index contributed by atoms with van der Waals surface area (Å²) in [6.07, 6.45) is -1.62. The Morgan fingerprint density at radius 3 is 2.80 bits per heavy atom. The summed E-state index contributed by atoms with van der Waals surface area (Å²) in [6, 6.07) is 6.19. The maximum absolute atomic E-state index is 12.8. The van der Waals surface area contributed by atoms with Gasteiger partial charge in [-0.1, -0.05) is 6.07 Å². The van der Waals surface area contributed by atoms with Crippen molar-refractivity contribution in [3.8, 4) is 0 Å². The number of fused-ring (bicyclic) bond motifs is 1. The summed E-state index contributed by atoms with van der Waals surface area (Å²) in [6.45, 7) is 0.0281. The fourth-order valence-corrected chi connectivity index (χ4v) is 3.12. The van der Waals surface area contributed by atoms with Gasteiger partial charge in [-0.15, -0.1) is 21.5 Å². The van der Waals surface area contributed by atoms with E-state index in [2.05, 4.69) is 15.5 Å². The monoisotopic (exact) mass is 368 g/mol. The molecule has 3 aromatic heterocycles. The molecule has 0 aliphatic rings. The summed E-state index contributed by atoms with van der Waals surface area (Å²) in [5.41, 5.74) is -0.488. The van der Waals surface area contributed by atoms with Crippen LogP contribution in [0.2, 0.25) is 0 Å². The molecule has 3 rings (SSSR count). The fourth-order valence-electron chi connectivity index (χ4n) is 2.37. The van der Waals surface area contributed by atoms with Crippen molar-refractivity contribution >= 4 is 22.9 Å². The van der Waals surface area contributed by atoms with Gasteiger partial charge in [0, 0.05) is 17.5 Å². The fraction of sp³-hybridized carbons (Fsp3) is 0.312. The number of alkyl halides is 3. The number of aromatic nitrogens is 3. The van der Waals surface area contributed by atoms with Gasteiger partial charge in [0.1, 0.15) is 0 Å². The van der Waals surface area contributed by atoms with E-state index in [0.717, 1.165) is 18.7 Å². The van der Waals surface area contributed by atoms with Gasteiger partial charge in [-0.25, -0.2) is 0 Å². The molecule has 3 aromatic rings. The molecule has 0 atom stereocenters. The van der Waals surface area contributed by atoms with Crippen LogP contribution in [-0.4, -0.2) is 20.5 Å². The van der Waals surface area contributed by atoms with Crippen LogP contribution in [0.15, 0.2) is 35.8 Å². The summed E-state index contributed by atoms with van der Waals surface area (Å²) in [4.78, 5) is 13.1. The summed E-state index contributed by atoms with van der Waals surface area (Å²) in [7, 11) is 0. The van der Waals surface area contributed by atoms with Gasteiger partial charge in [0.25, 0.3) is 0 Å². The molecule has 0 aliphatic carbocycles. The first kappa shape index (κ1) is 17.4. The molecule has 132 valence electrons. The molecule has 0 unspecified atom stereocenters. The molecular weight excluding hydrogens is 353 g/mol. The van der Waals surface area contributed by atoms with Crippen LogP contribution in [0.25, 0.3) is 5.65 Å². The first-order chi connectivity index (χ1) is 11.9. The van der Waals surface area contributed by atoms with Gasteiger partial charge in [-0.2, -0.15) is 13.2 Å². The maximum atomic E-state index is 12.8. The second-order valence-corrected chi connectivity index (χ2v) is 6.50. The second-order valence-electron chi connectivity index (χ2n) is 5.47. The molecule has 9 heteroatoms. The molecule has 0 radical (unpaired) electrons. The van der Waals surface area contributed by atoms with Crippen LogP contribution in [0.5, 0.6) is 0 Å². The maximum Gasteiger partial charge on any atom is 0.417 e. The van der Waals surface area contributed by atoms with Crippen molar-refractivity contribution in [1.82, 2.24) is 19.9 Å². The van der Waals surface area contributed by atoms with Crippen LogP contribution in [0.3, 0.4) is 0 Å². The molecule has 0 aliphatic heterocycles. The van der Waals surface area contributed by atoms with E-state index in [1.807, 2.05) is 17.5 Å². The van der Waals surface area contributed by atoms with E-state index >= 15 is 0 Å². The highest BCUT2D eigenvalue weighted by molar-refractivity contribution is 7.09. The van der Waals surface area contributed by atoms with Crippen molar-refractivity contribution in [1.29, 1.82) is 0 Å². The van der Waals surface area contributed by atoms with Crippen molar-refractivity contribution in [3.05, 3.63) is 52.1 Å². The topological polar surface area (TPSA) is 59.3 Å². The quantitative estimate of drug-likeness (QED) is 0.725. The lowest BCUT2D eigenvalue weighted by atomic mass is 10.2. The summed E-state index contributed by atoms with van der Waals surface area (Å²) in [5.74, 6) is 0.0907. The van der Waals surface area contributed by atoms with Gasteiger partial charge in [0.05, 0.1) is 12.1 Å². The first-order valence-electron chi connectivity index (χ1n) is 7.63. The largest absolute Gasteiger partial charge is 0.417 e. The minimum atomic E-state index is -4.44. The van der Waals surface area contributed by atoms with E-state index in [4.69, 9.17) is 0 Å². The third-order valence-corrected chi connectivity index (χ3v) is 4.59. The van der Waals surface area contributed by atoms with E-state index in [1.54, 1.807) is 11.3 Å². The number of halogens is 3. The van der Waals surface area contributed by atoms with Crippen LogP contribution in [0, 0.1) is 0 Å². The lowest BCUT2D eigenvalue weighted by Crippen LogP contribution is -2.23. The predicted octanol–water partition coefficient (Wildman–Crippen LogP) is 3.45. The Morgan fingerprint density at radius 2 is 2.08 bits per heavy atom. The van der Waals surface area contributed by atoms with Crippen LogP contribution in [0.1, 0.15) is 29.1 Å². The van der Waals surface area contributed by atoms with Crippen molar-refractivity contribution in [2.24, 2.45) is 0 Å². The van der Waals surface area contributed by atoms with E-state index < -0.39 is 11.7 Å². The molecule has 0 spiro atoms. The number of hydrogen-bond donors (Lipinski definition) is 1. The average Bonchev–Trinajstić information content (AvgIpc) is 3.21. The molecule has 0 bridgehead atoms. The molecule has 25 heavy (non-hydrogen) atoms. The van der Waals surface area contributed by atoms with Crippen molar-refractivity contribution in [2.75, 3.05) is 0 Å². The number of thiophene rings is 1. The number of rotatable bonds is 6. The molecule has 1 amide bonds. The second kappa shape index (κ2) is 7.22. The average molecular weight is 368 g/mol. The molecule has 0 saturated heterocycles. The number of nitrogens with one attached hydrogen (secondary N) is 1. The lowest BCUT2D eigenvalue weighted by Gasteiger charge is -2.08. The van der Waals surface area contributed by atoms with Crippen molar-refractivity contribution in [3.63, 3.8) is 0 Å². The number of nitrogens with zero attached hydrogens (tertiary/aromatic N) is 3. The Morgan fingerprint density at radius 1 is 1.24 bits per heavy atom. The van der Waals surface area contributed by atoms with Gasteiger partial charge in [0.2, 0.25) is 5.91 Å². The molecule has 5 nitrogen and oxygen atoms in total. The van der Waals surface area contributed by atoms with Crippen molar-refractivity contribution in [2.45, 2.75) is 32.0 Å². The zero-order valence-corrected chi connectivity index (χ0v) is 13.9. The predicted molar refractivity (Wildman–Crippen MR) is 87.1 cm³/mol. The normalized spacial score (nSPS) is 11.8. The van der Waals surface area contributed by atoms with Gasteiger partial charge in [-0.05, 0) is 36.4 Å². The zero-order valence-electron chi connectivity index (χ0n) is 13.1. The third kappa shape index (κ3) is 4.36. The third-order valence-electron chi connectivity index (χ3n) is 3.65. The Balaban J connectivity index is 1.58. The molecule has 3 heterocycles. The molecular formula is C16H15F3N4OS. The van der Waals surface area contributed by atoms with Gasteiger partial charge >= 0.3 is 6.18 Å². The van der Waals surface area contributed by atoms with Gasteiger partial charge < -0.3 is 5.32 Å². The molecule has 0 fully saturated rings. The van der Waals surface area contributed by atoms with E-state index in [0.29, 0.717) is 18.5 Å². The Kier molecular flexibility index (Phi) is 5.03. The Hall–Kier alpha value is -2.42. The van der Waals surface area contributed by atoms with E-state index in [9.17, 15) is 18.0 Å². The van der Waals surface area contributed by atoms with Gasteiger partial charge in [-0.3, -0.25) is 9.20 Å². The first-order valence-corrected chi connectivity index (χ1v) is 8.51. The molecule has 1 N–H and O–H groups in total. The Bertz CT molecular complexity index is 858. The highest BCUT2D eigenvalue weighted by atomic mass is 32.1. The number of pyridine rings is 1. The smallest absolute Gasteiger partial charge is 0.349 e. The number of carbonyl (C=O) groups excluding carboxylic acids is 1. The van der Waals surface area contributed by atoms with Crippen LogP contribution in [-0.2, 0) is 23.9 Å². The highest BCUT2D eigenvalue weighted by Crippen LogP contribution is 2.29. The zero-order chi connectivity index (χ0) is 17.9. The summed E-state index contributed by atoms with van der Waals surface area (Å²) >= 11 is 1.65. The van der Waals surface area contributed by atoms with Crippen LogP contribution >= 0.6 is 11.3 Å². The van der Waals surface area contributed by atoms with Crippen LogP contribution < -0.4 is 5.32 Å². The van der Waals surface area contributed by atoms with Gasteiger partial charge in [0.15, 0.2) is 11.5 Å². The van der Waals surface area contributed by atoms with Crippen molar-refractivity contribution < 1.29 is 18.0 Å². The number of carbonyl (C=O) groups is 1. The SMILES string of the molecule is O=C(CCCc1cccs1)NCc1nnc2ccc(C(F)(F)F)cn12. The minimum Gasteiger partial charge on any atom is -0.349 e. The standard InChI is InChI=1S/C16H15F3N4OS/c17-16(18,19)11-6-7-13-21-22-14(23(13)10-11)9-20-15(24)5-1-3-12-4-2-8-25-12/h2,4,6-8,10H,1,3,5,9H2,(H,20,24). The molecule has 0 aromatic carbocycles. The summed E-state index contributed by atoms with van der Waals surface area (Å²) in [5, 5.41) is 12.3. The number of amides is 1. The van der Waals surface area contributed by atoms with Crippen LogP contribution in [0.4, 0.5) is 13.2 Å². The van der Waals surface area contributed by atoms with E-state index in [1.165, 1.54) is 15.3 Å². The number of hydrogen-bond acceptors (Lipinski definition) is 4. The summed E-state index contributed by atoms with van der Waals surface area (Å²) < 4.78 is 39.6. The lowest BCUT2D eigenvalue weighted by molar-refractivity contribution is -0.137. The minimum absolute atomic E-state index is 0.0281. The highest BCUT2D eigenvalue weighted by Gasteiger charge is 2.31. The molecule has 0 saturated carbocycles.